The van der Waals surface area contributed by atoms with Crippen LogP contribution in [0.4, 0.5) is 13.2 Å². The first-order valence-corrected chi connectivity index (χ1v) is 6.36. The van der Waals surface area contributed by atoms with Gasteiger partial charge in [-0.05, 0) is 12.0 Å². The topological polar surface area (TPSA) is 20.3 Å². The van der Waals surface area contributed by atoms with Crippen molar-refractivity contribution in [1.29, 1.82) is 0 Å². The third kappa shape index (κ3) is 3.21. The van der Waals surface area contributed by atoms with E-state index < -0.39 is 23.4 Å². The van der Waals surface area contributed by atoms with E-state index in [0.29, 0.717) is 13.1 Å². The van der Waals surface area contributed by atoms with E-state index in [2.05, 4.69) is 0 Å². The molecule has 1 heterocycles. The number of carbonyl (C=O) groups excluding carboxylic acids is 1. The highest BCUT2D eigenvalue weighted by Gasteiger charge is 2.49. The first kappa shape index (κ1) is 14.2. The van der Waals surface area contributed by atoms with E-state index in [1.807, 2.05) is 30.3 Å². The van der Waals surface area contributed by atoms with Crippen LogP contribution in [0.2, 0.25) is 0 Å². The van der Waals surface area contributed by atoms with E-state index in [1.54, 1.807) is 0 Å². The van der Waals surface area contributed by atoms with E-state index in [-0.39, 0.29) is 6.42 Å². The molecule has 6 heteroatoms. The molecule has 19 heavy (non-hydrogen) atoms. The summed E-state index contributed by atoms with van der Waals surface area (Å²) in [4.78, 5) is 13.4. The molecule has 1 saturated heterocycles. The lowest BCUT2D eigenvalue weighted by atomic mass is 10.0. The number of hydrogen-bond acceptors (Lipinski definition) is 1. The number of alkyl halides is 4. The highest BCUT2D eigenvalue weighted by atomic mass is 35.5. The molecule has 2 rings (SSSR count). The predicted octanol–water partition coefficient (Wildman–Crippen LogP) is 3.20. The highest BCUT2D eigenvalue weighted by Crippen LogP contribution is 2.36. The van der Waals surface area contributed by atoms with Crippen LogP contribution in [0.5, 0.6) is 0 Å². The molecule has 1 aliphatic heterocycles. The van der Waals surface area contributed by atoms with Crippen LogP contribution in [0.3, 0.4) is 0 Å². The molecule has 0 bridgehead atoms. The van der Waals surface area contributed by atoms with Crippen LogP contribution in [0.25, 0.3) is 0 Å². The van der Waals surface area contributed by atoms with Crippen LogP contribution in [-0.4, -0.2) is 28.9 Å². The zero-order valence-corrected chi connectivity index (χ0v) is 10.8. The van der Waals surface area contributed by atoms with Gasteiger partial charge in [-0.15, -0.1) is 11.6 Å². The van der Waals surface area contributed by atoms with Crippen LogP contribution in [0, 0.1) is 5.92 Å². The number of rotatable bonds is 3. The van der Waals surface area contributed by atoms with Gasteiger partial charge in [0.15, 0.2) is 0 Å². The van der Waals surface area contributed by atoms with Crippen LogP contribution < -0.4 is 0 Å². The second kappa shape index (κ2) is 5.41. The van der Waals surface area contributed by atoms with Gasteiger partial charge in [0.25, 0.3) is 0 Å². The summed E-state index contributed by atoms with van der Waals surface area (Å²) < 4.78 is 37.6. The van der Waals surface area contributed by atoms with Crippen molar-refractivity contribution in [3.63, 3.8) is 0 Å². The minimum absolute atomic E-state index is 0.152. The van der Waals surface area contributed by atoms with Gasteiger partial charge >= 0.3 is 6.18 Å². The summed E-state index contributed by atoms with van der Waals surface area (Å²) in [6, 6.07) is 9.17. The molecule has 1 aromatic rings. The van der Waals surface area contributed by atoms with E-state index in [4.69, 9.17) is 11.6 Å². The van der Waals surface area contributed by atoms with Gasteiger partial charge in [0.2, 0.25) is 5.91 Å². The molecule has 1 aliphatic rings. The lowest BCUT2D eigenvalue weighted by Gasteiger charge is -2.20. The average molecular weight is 292 g/mol. The molecule has 2 nitrogen and oxygen atoms in total. The Bertz CT molecular complexity index is 449. The second-order valence-electron chi connectivity index (χ2n) is 4.58. The monoisotopic (exact) mass is 291 g/mol. The van der Waals surface area contributed by atoms with Gasteiger partial charge in [-0.2, -0.15) is 13.2 Å². The fourth-order valence-electron chi connectivity index (χ4n) is 2.22. The molecule has 2 unspecified atom stereocenters. The van der Waals surface area contributed by atoms with Crippen molar-refractivity contribution in [2.45, 2.75) is 24.5 Å². The SMILES string of the molecule is O=C1C(C(Cl)C(F)(F)F)CCN1Cc1ccccc1. The molecular weight excluding hydrogens is 279 g/mol. The Labute approximate surface area is 114 Å². The second-order valence-corrected chi connectivity index (χ2v) is 5.05. The molecule has 0 radical (unpaired) electrons. The Balaban J connectivity index is 2.02. The van der Waals surface area contributed by atoms with E-state index in [1.165, 1.54) is 4.90 Å². The molecule has 1 amide bonds. The van der Waals surface area contributed by atoms with Gasteiger partial charge in [0.05, 0.1) is 5.92 Å². The molecule has 2 atom stereocenters. The van der Waals surface area contributed by atoms with Gasteiger partial charge < -0.3 is 4.90 Å². The van der Waals surface area contributed by atoms with E-state index in [0.717, 1.165) is 5.56 Å². The molecule has 104 valence electrons. The lowest BCUT2D eigenvalue weighted by Crippen LogP contribution is -2.37. The largest absolute Gasteiger partial charge is 0.405 e. The van der Waals surface area contributed by atoms with Gasteiger partial charge in [-0.25, -0.2) is 0 Å². The zero-order valence-electron chi connectivity index (χ0n) is 10.0. The molecule has 0 saturated carbocycles. The number of amides is 1. The number of halogens is 4. The molecule has 0 spiro atoms. The van der Waals surface area contributed by atoms with Gasteiger partial charge in [-0.3, -0.25) is 4.79 Å². The molecule has 1 fully saturated rings. The number of nitrogens with zero attached hydrogens (tertiary/aromatic N) is 1. The first-order chi connectivity index (χ1) is 8.89. The van der Waals surface area contributed by atoms with Crippen molar-refractivity contribution in [2.75, 3.05) is 6.54 Å². The van der Waals surface area contributed by atoms with Crippen molar-refractivity contribution < 1.29 is 18.0 Å². The summed E-state index contributed by atoms with van der Waals surface area (Å²) in [5.41, 5.74) is 0.898. The van der Waals surface area contributed by atoms with Crippen LogP contribution >= 0.6 is 11.6 Å². The lowest BCUT2D eigenvalue weighted by molar-refractivity contribution is -0.152. The molecule has 0 aromatic heterocycles. The van der Waals surface area contributed by atoms with Crippen LogP contribution in [0.1, 0.15) is 12.0 Å². The van der Waals surface area contributed by atoms with Gasteiger partial charge in [0, 0.05) is 13.1 Å². The van der Waals surface area contributed by atoms with Crippen molar-refractivity contribution in [3.05, 3.63) is 35.9 Å². The Kier molecular flexibility index (Phi) is 4.04. The Morgan fingerprint density at radius 2 is 1.95 bits per heavy atom. The minimum atomic E-state index is -4.54. The summed E-state index contributed by atoms with van der Waals surface area (Å²) in [6.45, 7) is 0.648. The summed E-state index contributed by atoms with van der Waals surface area (Å²) in [6.07, 6.45) is -4.38. The van der Waals surface area contributed by atoms with Crippen molar-refractivity contribution in [1.82, 2.24) is 4.90 Å². The predicted molar refractivity (Wildman–Crippen MR) is 65.7 cm³/mol. The highest BCUT2D eigenvalue weighted by molar-refractivity contribution is 6.22. The maximum atomic E-state index is 12.5. The maximum Gasteiger partial charge on any atom is 0.405 e. The van der Waals surface area contributed by atoms with Crippen molar-refractivity contribution >= 4 is 17.5 Å². The van der Waals surface area contributed by atoms with E-state index >= 15 is 0 Å². The number of benzene rings is 1. The van der Waals surface area contributed by atoms with Gasteiger partial charge in [-0.1, -0.05) is 30.3 Å². The quantitative estimate of drug-likeness (QED) is 0.783. The molecule has 1 aromatic carbocycles. The van der Waals surface area contributed by atoms with Crippen molar-refractivity contribution in [3.8, 4) is 0 Å². The summed E-state index contributed by atoms with van der Waals surface area (Å²) in [5, 5.41) is -2.10. The zero-order chi connectivity index (χ0) is 14.0. The molecular formula is C13H13ClF3NO. The first-order valence-electron chi connectivity index (χ1n) is 5.93. The van der Waals surface area contributed by atoms with E-state index in [9.17, 15) is 18.0 Å². The molecule has 0 N–H and O–H groups in total. The number of likely N-dealkylation sites (tertiary alicyclic amines) is 1. The third-order valence-electron chi connectivity index (χ3n) is 3.22. The Hall–Kier alpha value is -1.23. The fraction of sp³-hybridized carbons (Fsp3) is 0.462. The average Bonchev–Trinajstić information content (AvgIpc) is 2.70. The molecule has 0 aliphatic carbocycles. The summed E-state index contributed by atoms with van der Waals surface area (Å²) in [7, 11) is 0. The third-order valence-corrected chi connectivity index (χ3v) is 3.77. The fourth-order valence-corrected chi connectivity index (χ4v) is 2.46. The minimum Gasteiger partial charge on any atom is -0.338 e. The standard InChI is InChI=1S/C13H13ClF3NO/c14-11(13(15,16)17)10-6-7-18(12(10)19)8-9-4-2-1-3-5-9/h1-5,10-11H,6-8H2. The normalized spacial score (nSPS) is 21.8. The van der Waals surface area contributed by atoms with Crippen LogP contribution in [0.15, 0.2) is 30.3 Å². The van der Waals surface area contributed by atoms with Crippen LogP contribution in [-0.2, 0) is 11.3 Å². The Morgan fingerprint density at radius 1 is 1.32 bits per heavy atom. The van der Waals surface area contributed by atoms with Gasteiger partial charge in [0.1, 0.15) is 5.38 Å². The smallest absolute Gasteiger partial charge is 0.338 e. The van der Waals surface area contributed by atoms with Crippen molar-refractivity contribution in [2.24, 2.45) is 5.92 Å². The Morgan fingerprint density at radius 3 is 2.53 bits per heavy atom. The number of hydrogen-bond donors (Lipinski definition) is 0. The number of carbonyl (C=O) groups is 1. The summed E-state index contributed by atoms with van der Waals surface area (Å²) >= 11 is 5.35. The summed E-state index contributed by atoms with van der Waals surface area (Å²) in [5.74, 6) is -1.67. The maximum absolute atomic E-state index is 12.5.